The molecule has 1 atom stereocenters. The van der Waals surface area contributed by atoms with Crippen molar-refractivity contribution in [2.45, 2.75) is 79.1 Å². The lowest BCUT2D eigenvalue weighted by Crippen LogP contribution is -2.47. The third-order valence-corrected chi connectivity index (χ3v) is 7.38. The van der Waals surface area contributed by atoms with Crippen molar-refractivity contribution in [2.75, 3.05) is 38.2 Å². The van der Waals surface area contributed by atoms with Gasteiger partial charge in [-0.2, -0.15) is 0 Å². The summed E-state index contributed by atoms with van der Waals surface area (Å²) in [5.74, 6) is 0.0800. The van der Waals surface area contributed by atoms with Gasteiger partial charge >= 0.3 is 12.1 Å². The number of carbonyl (C=O) groups excluding carboxylic acids is 3. The summed E-state index contributed by atoms with van der Waals surface area (Å²) < 4.78 is 22.9. The summed E-state index contributed by atoms with van der Waals surface area (Å²) in [6.45, 7) is 14.9. The maximum Gasteiger partial charge on any atom is 0.408 e. The molecule has 260 valence electrons. The van der Waals surface area contributed by atoms with E-state index in [1.165, 1.54) is 0 Å². The smallest absolute Gasteiger partial charge is 0.408 e. The normalized spacial score (nSPS) is 11.8. The molecule has 2 N–H and O–H groups in total. The second-order valence-corrected chi connectivity index (χ2v) is 12.4. The Morgan fingerprint density at radius 3 is 2.19 bits per heavy atom. The molecule has 10 nitrogen and oxygen atoms in total. The molecule has 0 aliphatic rings. The number of alkyl carbamates (subject to hydrolysis) is 1. The zero-order valence-electron chi connectivity index (χ0n) is 29.2. The summed E-state index contributed by atoms with van der Waals surface area (Å²) in [5.41, 5.74) is 1.80. The number of nitrogens with one attached hydrogen (secondary N) is 2. The van der Waals surface area contributed by atoms with Gasteiger partial charge in [-0.05, 0) is 81.7 Å². The number of hydrogen-bond acceptors (Lipinski definition) is 8. The third-order valence-electron chi connectivity index (χ3n) is 7.38. The van der Waals surface area contributed by atoms with E-state index in [9.17, 15) is 14.4 Å². The van der Waals surface area contributed by atoms with Gasteiger partial charge in [0, 0.05) is 13.0 Å². The summed E-state index contributed by atoms with van der Waals surface area (Å²) in [5, 5.41) is 5.62. The lowest BCUT2D eigenvalue weighted by Gasteiger charge is -2.24. The highest BCUT2D eigenvalue weighted by atomic mass is 16.6. The van der Waals surface area contributed by atoms with Crippen molar-refractivity contribution in [1.82, 2.24) is 10.2 Å². The SMILES string of the molecule is CCCCOc1cc(C(=O)OCCN(CC)CC)ccc1NC(=O)C(Cc1ccc(OCc2ccccc2)cc1)NC(=O)OC(C)(C)C. The van der Waals surface area contributed by atoms with E-state index in [4.69, 9.17) is 18.9 Å². The van der Waals surface area contributed by atoms with Gasteiger partial charge in [-0.15, -0.1) is 0 Å². The lowest BCUT2D eigenvalue weighted by atomic mass is 10.0. The number of anilines is 1. The second kappa shape index (κ2) is 19.3. The number of rotatable bonds is 18. The highest BCUT2D eigenvalue weighted by Crippen LogP contribution is 2.27. The van der Waals surface area contributed by atoms with E-state index in [-0.39, 0.29) is 13.0 Å². The molecule has 3 rings (SSSR count). The van der Waals surface area contributed by atoms with Gasteiger partial charge in [0.05, 0.1) is 17.9 Å². The Bertz CT molecular complexity index is 1430. The Balaban J connectivity index is 1.76. The molecular weight excluding hydrogens is 610 g/mol. The molecule has 0 saturated carbocycles. The van der Waals surface area contributed by atoms with Crippen LogP contribution in [0.3, 0.4) is 0 Å². The number of esters is 1. The number of carbonyl (C=O) groups is 3. The molecule has 3 aromatic carbocycles. The molecule has 0 aromatic heterocycles. The molecule has 0 fully saturated rings. The van der Waals surface area contributed by atoms with E-state index in [1.54, 1.807) is 39.0 Å². The second-order valence-electron chi connectivity index (χ2n) is 12.4. The van der Waals surface area contributed by atoms with Crippen LogP contribution in [0.4, 0.5) is 10.5 Å². The van der Waals surface area contributed by atoms with E-state index < -0.39 is 29.6 Å². The van der Waals surface area contributed by atoms with Crippen molar-refractivity contribution in [2.24, 2.45) is 0 Å². The van der Waals surface area contributed by atoms with Crippen LogP contribution < -0.4 is 20.1 Å². The van der Waals surface area contributed by atoms with Crippen LogP contribution in [0.15, 0.2) is 72.8 Å². The van der Waals surface area contributed by atoms with Crippen LogP contribution in [-0.2, 0) is 27.3 Å². The molecule has 0 aliphatic heterocycles. The van der Waals surface area contributed by atoms with Gasteiger partial charge in [0.15, 0.2) is 0 Å². The first-order chi connectivity index (χ1) is 23.0. The van der Waals surface area contributed by atoms with Crippen molar-refractivity contribution in [3.8, 4) is 11.5 Å². The quantitative estimate of drug-likeness (QED) is 0.110. The monoisotopic (exact) mass is 661 g/mol. The number of amides is 2. The molecule has 2 amide bonds. The fourth-order valence-corrected chi connectivity index (χ4v) is 4.67. The minimum absolute atomic E-state index is 0.188. The predicted octanol–water partition coefficient (Wildman–Crippen LogP) is 7.02. The van der Waals surface area contributed by atoms with Crippen LogP contribution in [0.2, 0.25) is 0 Å². The van der Waals surface area contributed by atoms with Gasteiger partial charge in [0.25, 0.3) is 0 Å². The maximum absolute atomic E-state index is 13.7. The minimum Gasteiger partial charge on any atom is -0.491 e. The van der Waals surface area contributed by atoms with Crippen LogP contribution in [0.1, 0.15) is 75.9 Å². The predicted molar refractivity (Wildman–Crippen MR) is 188 cm³/mol. The van der Waals surface area contributed by atoms with Crippen molar-refractivity contribution in [3.05, 3.63) is 89.5 Å². The summed E-state index contributed by atoms with van der Waals surface area (Å²) in [7, 11) is 0. The summed E-state index contributed by atoms with van der Waals surface area (Å²) in [4.78, 5) is 41.6. The third kappa shape index (κ3) is 13.3. The topological polar surface area (TPSA) is 115 Å². The van der Waals surface area contributed by atoms with Crippen molar-refractivity contribution < 1.29 is 33.3 Å². The highest BCUT2D eigenvalue weighted by Gasteiger charge is 2.26. The van der Waals surface area contributed by atoms with Gasteiger partial charge in [-0.25, -0.2) is 9.59 Å². The summed E-state index contributed by atoms with van der Waals surface area (Å²) in [6, 6.07) is 21.1. The molecule has 0 heterocycles. The van der Waals surface area contributed by atoms with Crippen molar-refractivity contribution in [1.29, 1.82) is 0 Å². The van der Waals surface area contributed by atoms with Gasteiger partial charge in [0.1, 0.15) is 36.4 Å². The average molecular weight is 662 g/mol. The van der Waals surface area contributed by atoms with Crippen LogP contribution in [0, 0.1) is 0 Å². The number of ether oxygens (including phenoxy) is 4. The van der Waals surface area contributed by atoms with E-state index in [0.29, 0.717) is 42.5 Å². The number of likely N-dealkylation sites (N-methyl/N-ethyl adjacent to an activating group) is 1. The van der Waals surface area contributed by atoms with Crippen LogP contribution in [0.25, 0.3) is 0 Å². The first kappa shape index (κ1) is 37.9. The van der Waals surface area contributed by atoms with Crippen LogP contribution in [-0.4, -0.2) is 67.4 Å². The zero-order valence-corrected chi connectivity index (χ0v) is 29.2. The van der Waals surface area contributed by atoms with E-state index >= 15 is 0 Å². The number of nitrogens with zero attached hydrogens (tertiary/aromatic N) is 1. The molecule has 0 bridgehead atoms. The molecule has 10 heteroatoms. The van der Waals surface area contributed by atoms with Gasteiger partial charge < -0.3 is 34.5 Å². The minimum atomic E-state index is -0.982. The van der Waals surface area contributed by atoms with Crippen LogP contribution >= 0.6 is 0 Å². The number of unbranched alkanes of at least 4 members (excludes halogenated alkanes) is 1. The highest BCUT2D eigenvalue weighted by molar-refractivity contribution is 5.99. The Labute approximate surface area is 285 Å². The largest absolute Gasteiger partial charge is 0.491 e. The van der Waals surface area contributed by atoms with E-state index in [0.717, 1.165) is 37.1 Å². The fraction of sp³-hybridized carbons (Fsp3) is 0.447. The Kier molecular flexibility index (Phi) is 15.2. The molecule has 48 heavy (non-hydrogen) atoms. The van der Waals surface area contributed by atoms with E-state index in [2.05, 4.69) is 29.4 Å². The van der Waals surface area contributed by atoms with Crippen LogP contribution in [0.5, 0.6) is 11.5 Å². The number of hydrogen-bond donors (Lipinski definition) is 2. The van der Waals surface area contributed by atoms with E-state index in [1.807, 2.05) is 61.5 Å². The van der Waals surface area contributed by atoms with Gasteiger partial charge in [0.2, 0.25) is 5.91 Å². The first-order valence-electron chi connectivity index (χ1n) is 16.7. The Hall–Kier alpha value is -4.57. The molecule has 3 aromatic rings. The molecule has 0 aliphatic carbocycles. The molecule has 1 unspecified atom stereocenters. The van der Waals surface area contributed by atoms with Crippen molar-refractivity contribution in [3.63, 3.8) is 0 Å². The van der Waals surface area contributed by atoms with Gasteiger partial charge in [-0.1, -0.05) is 69.7 Å². The van der Waals surface area contributed by atoms with Gasteiger partial charge in [-0.3, -0.25) is 4.79 Å². The summed E-state index contributed by atoms with van der Waals surface area (Å²) >= 11 is 0. The molecule has 0 radical (unpaired) electrons. The molecule has 0 saturated heterocycles. The zero-order chi connectivity index (χ0) is 34.9. The summed E-state index contributed by atoms with van der Waals surface area (Å²) in [6.07, 6.45) is 1.17. The van der Waals surface area contributed by atoms with Crippen molar-refractivity contribution >= 4 is 23.7 Å². The standard InChI is InChI=1S/C38H51N3O7/c1-7-10-23-45-34-26-30(36(43)46-24-22-41(8-2)9-3)18-21-32(34)39-35(42)33(40-37(44)48-38(4,5)6)25-28-16-19-31(20-17-28)47-27-29-14-12-11-13-15-29/h11-21,26,33H,7-10,22-25,27H2,1-6H3,(H,39,42)(H,40,44). The Morgan fingerprint density at radius 2 is 1.54 bits per heavy atom. The Morgan fingerprint density at radius 1 is 0.833 bits per heavy atom. The molecular formula is C38H51N3O7. The number of benzene rings is 3. The average Bonchev–Trinajstić information content (AvgIpc) is 3.06. The maximum atomic E-state index is 13.7. The lowest BCUT2D eigenvalue weighted by molar-refractivity contribution is -0.118. The molecule has 0 spiro atoms. The first-order valence-corrected chi connectivity index (χ1v) is 16.7. The fourth-order valence-electron chi connectivity index (χ4n) is 4.67.